The van der Waals surface area contributed by atoms with Gasteiger partial charge in [0.05, 0.1) is 6.10 Å². The van der Waals surface area contributed by atoms with E-state index < -0.39 is 0 Å². The Kier molecular flexibility index (Phi) is 2.44. The van der Waals surface area contributed by atoms with Crippen molar-refractivity contribution in [2.45, 2.75) is 38.7 Å². The highest BCUT2D eigenvalue weighted by Crippen LogP contribution is 2.30. The molecule has 76 valence electrons. The van der Waals surface area contributed by atoms with Crippen molar-refractivity contribution in [3.8, 4) is 5.75 Å². The van der Waals surface area contributed by atoms with Gasteiger partial charge in [-0.15, -0.1) is 0 Å². The largest absolute Gasteiger partial charge is 0.487 e. The first-order valence-electron chi connectivity index (χ1n) is 5.13. The number of hydrogen-bond donors (Lipinski definition) is 0. The summed E-state index contributed by atoms with van der Waals surface area (Å²) in [4.78, 5) is 0. The predicted molar refractivity (Wildman–Crippen MR) is 54.1 cm³/mol. The maximum atomic E-state index is 13.3. The molecular formula is C12H15FO. The highest BCUT2D eigenvalue weighted by molar-refractivity contribution is 5.32. The predicted octanol–water partition coefficient (Wildman–Crippen LogP) is 3.49. The first-order valence-corrected chi connectivity index (χ1v) is 5.13. The Morgan fingerprint density at radius 1 is 1.36 bits per heavy atom. The summed E-state index contributed by atoms with van der Waals surface area (Å²) in [6.07, 6.45) is 2.38. The van der Waals surface area contributed by atoms with E-state index >= 15 is 0 Å². The molecule has 0 heterocycles. The zero-order valence-corrected chi connectivity index (χ0v) is 8.59. The molecule has 1 aromatic carbocycles. The van der Waals surface area contributed by atoms with Gasteiger partial charge in [-0.3, -0.25) is 0 Å². The molecule has 0 amide bonds. The molecule has 1 aliphatic rings. The number of rotatable bonds is 3. The van der Waals surface area contributed by atoms with E-state index in [1.807, 2.05) is 12.1 Å². The van der Waals surface area contributed by atoms with Gasteiger partial charge in [-0.25, -0.2) is 4.39 Å². The van der Waals surface area contributed by atoms with Gasteiger partial charge in [0.15, 0.2) is 11.6 Å². The van der Waals surface area contributed by atoms with E-state index in [-0.39, 0.29) is 11.9 Å². The van der Waals surface area contributed by atoms with Crippen LogP contribution in [0.25, 0.3) is 0 Å². The Balaban J connectivity index is 2.21. The number of hydrogen-bond acceptors (Lipinski definition) is 1. The summed E-state index contributed by atoms with van der Waals surface area (Å²) < 4.78 is 18.8. The van der Waals surface area contributed by atoms with Crippen molar-refractivity contribution >= 4 is 0 Å². The molecule has 0 N–H and O–H groups in total. The van der Waals surface area contributed by atoms with E-state index in [4.69, 9.17) is 4.74 Å². The lowest BCUT2D eigenvalue weighted by molar-refractivity contribution is 0.287. The van der Waals surface area contributed by atoms with Crippen LogP contribution in [0.4, 0.5) is 4.39 Å². The van der Waals surface area contributed by atoms with E-state index in [9.17, 15) is 4.39 Å². The third kappa shape index (κ3) is 2.06. The zero-order chi connectivity index (χ0) is 10.1. The molecule has 0 saturated heterocycles. The lowest BCUT2D eigenvalue weighted by Gasteiger charge is -2.10. The van der Waals surface area contributed by atoms with Gasteiger partial charge >= 0.3 is 0 Å². The maximum Gasteiger partial charge on any atom is 0.165 e. The number of benzene rings is 1. The maximum absolute atomic E-state index is 13.3. The van der Waals surface area contributed by atoms with E-state index in [2.05, 4.69) is 13.8 Å². The first-order chi connectivity index (χ1) is 6.66. The van der Waals surface area contributed by atoms with Gasteiger partial charge in [0.25, 0.3) is 0 Å². The Labute approximate surface area is 83.9 Å². The summed E-state index contributed by atoms with van der Waals surface area (Å²) in [6.45, 7) is 4.18. The van der Waals surface area contributed by atoms with Crippen LogP contribution in [-0.2, 0) is 0 Å². The second kappa shape index (κ2) is 3.60. The third-order valence-corrected chi connectivity index (χ3v) is 2.44. The Morgan fingerprint density at radius 3 is 2.64 bits per heavy atom. The standard InChI is InChI=1S/C12H15FO/c1-8(2)9-3-6-11(13)12(7-9)14-10-4-5-10/h3,6-8,10H,4-5H2,1-2H3. The van der Waals surface area contributed by atoms with Crippen molar-refractivity contribution < 1.29 is 9.13 Å². The van der Waals surface area contributed by atoms with Gasteiger partial charge in [0.2, 0.25) is 0 Å². The van der Waals surface area contributed by atoms with Crippen LogP contribution in [0.1, 0.15) is 38.2 Å². The summed E-state index contributed by atoms with van der Waals surface area (Å²) >= 11 is 0. The van der Waals surface area contributed by atoms with Gasteiger partial charge in [-0.1, -0.05) is 19.9 Å². The van der Waals surface area contributed by atoms with E-state index in [1.54, 1.807) is 0 Å². The lowest BCUT2D eigenvalue weighted by atomic mass is 10.0. The minimum Gasteiger partial charge on any atom is -0.487 e. The van der Waals surface area contributed by atoms with Gasteiger partial charge in [0, 0.05) is 0 Å². The van der Waals surface area contributed by atoms with Crippen molar-refractivity contribution in [2.24, 2.45) is 0 Å². The van der Waals surface area contributed by atoms with Crippen molar-refractivity contribution in [3.63, 3.8) is 0 Å². The lowest BCUT2D eigenvalue weighted by Crippen LogP contribution is -1.99. The Hall–Kier alpha value is -1.05. The van der Waals surface area contributed by atoms with Crippen LogP contribution in [0.5, 0.6) is 5.75 Å². The number of ether oxygens (including phenoxy) is 1. The van der Waals surface area contributed by atoms with E-state index in [0.29, 0.717) is 11.7 Å². The molecule has 1 nitrogen and oxygen atoms in total. The molecule has 0 bridgehead atoms. The molecule has 1 saturated carbocycles. The normalized spacial score (nSPS) is 16.0. The van der Waals surface area contributed by atoms with Gasteiger partial charge in [-0.2, -0.15) is 0 Å². The van der Waals surface area contributed by atoms with E-state index in [1.165, 1.54) is 6.07 Å². The van der Waals surface area contributed by atoms with Gasteiger partial charge in [0.1, 0.15) is 0 Å². The minimum absolute atomic E-state index is 0.249. The smallest absolute Gasteiger partial charge is 0.165 e. The quantitative estimate of drug-likeness (QED) is 0.715. The van der Waals surface area contributed by atoms with E-state index in [0.717, 1.165) is 18.4 Å². The minimum atomic E-state index is -0.249. The van der Waals surface area contributed by atoms with Gasteiger partial charge < -0.3 is 4.74 Å². The van der Waals surface area contributed by atoms with Crippen molar-refractivity contribution in [1.82, 2.24) is 0 Å². The van der Waals surface area contributed by atoms with Gasteiger partial charge in [-0.05, 0) is 36.5 Å². The monoisotopic (exact) mass is 194 g/mol. The van der Waals surface area contributed by atoms with Crippen LogP contribution in [-0.4, -0.2) is 6.10 Å². The van der Waals surface area contributed by atoms with Crippen molar-refractivity contribution in [1.29, 1.82) is 0 Å². The van der Waals surface area contributed by atoms with Crippen LogP contribution in [0.2, 0.25) is 0 Å². The van der Waals surface area contributed by atoms with Crippen LogP contribution < -0.4 is 4.74 Å². The SMILES string of the molecule is CC(C)c1ccc(F)c(OC2CC2)c1. The fourth-order valence-corrected chi connectivity index (χ4v) is 1.33. The molecule has 0 unspecified atom stereocenters. The summed E-state index contributed by atoms with van der Waals surface area (Å²) in [5.41, 5.74) is 1.13. The highest BCUT2D eigenvalue weighted by Gasteiger charge is 2.24. The molecule has 0 aliphatic heterocycles. The van der Waals surface area contributed by atoms with Crippen LogP contribution >= 0.6 is 0 Å². The van der Waals surface area contributed by atoms with Crippen LogP contribution in [0.3, 0.4) is 0 Å². The number of halogens is 1. The average Bonchev–Trinajstić information content (AvgIpc) is 2.92. The summed E-state index contributed by atoms with van der Waals surface area (Å²) in [5.74, 6) is 0.581. The topological polar surface area (TPSA) is 9.23 Å². The Morgan fingerprint density at radius 2 is 2.07 bits per heavy atom. The van der Waals surface area contributed by atoms with Crippen LogP contribution in [0, 0.1) is 5.82 Å². The molecular weight excluding hydrogens is 179 g/mol. The first kappa shape index (κ1) is 9.50. The molecule has 1 aliphatic carbocycles. The second-order valence-electron chi connectivity index (χ2n) is 4.16. The summed E-state index contributed by atoms with van der Waals surface area (Å²) in [7, 11) is 0. The molecule has 14 heavy (non-hydrogen) atoms. The Bertz CT molecular complexity index is 329. The second-order valence-corrected chi connectivity index (χ2v) is 4.16. The molecule has 0 radical (unpaired) electrons. The third-order valence-electron chi connectivity index (χ3n) is 2.44. The molecule has 0 aromatic heterocycles. The molecule has 0 atom stereocenters. The molecule has 2 rings (SSSR count). The van der Waals surface area contributed by atoms with Crippen molar-refractivity contribution in [2.75, 3.05) is 0 Å². The average molecular weight is 194 g/mol. The fourth-order valence-electron chi connectivity index (χ4n) is 1.33. The molecule has 0 spiro atoms. The van der Waals surface area contributed by atoms with Crippen LogP contribution in [0.15, 0.2) is 18.2 Å². The summed E-state index contributed by atoms with van der Waals surface area (Å²) in [5, 5.41) is 0. The van der Waals surface area contributed by atoms with Crippen molar-refractivity contribution in [3.05, 3.63) is 29.6 Å². The highest BCUT2D eigenvalue weighted by atomic mass is 19.1. The molecule has 2 heteroatoms. The molecule has 1 fully saturated rings. The fraction of sp³-hybridized carbons (Fsp3) is 0.500. The molecule has 1 aromatic rings. The zero-order valence-electron chi connectivity index (χ0n) is 8.59. The summed E-state index contributed by atoms with van der Waals surface area (Å²) in [6, 6.07) is 5.13.